The summed E-state index contributed by atoms with van der Waals surface area (Å²) in [5, 5.41) is 11.3. The summed E-state index contributed by atoms with van der Waals surface area (Å²) in [6.45, 7) is -0.334. The van der Waals surface area contributed by atoms with Crippen molar-refractivity contribution in [2.24, 2.45) is 5.92 Å². The zero-order chi connectivity index (χ0) is 18.0. The van der Waals surface area contributed by atoms with E-state index in [-0.39, 0.29) is 23.1 Å². The zero-order valence-electron chi connectivity index (χ0n) is 14.0. The molecule has 1 saturated heterocycles. The molecule has 1 aliphatic rings. The standard InChI is InChI=1S/C19H21F2NO3/c1-12(23)15-7-4-8-22(11-15)18(24)16-9-13-5-2-3-6-14(13)10-17(16)25-19(20)21/h2-3,5-6,9-10,12,15,19,23H,4,7-8,11H2,1H3. The fourth-order valence-electron chi connectivity index (χ4n) is 3.34. The number of aliphatic hydroxyl groups excluding tert-OH is 1. The van der Waals surface area contributed by atoms with Crippen LogP contribution in [0, 0.1) is 5.92 Å². The number of benzene rings is 2. The summed E-state index contributed by atoms with van der Waals surface area (Å²) in [7, 11) is 0. The van der Waals surface area contributed by atoms with Gasteiger partial charge in [-0.2, -0.15) is 8.78 Å². The van der Waals surface area contributed by atoms with Crippen molar-refractivity contribution in [1.82, 2.24) is 4.90 Å². The first kappa shape index (κ1) is 17.6. The Kier molecular flexibility index (Phi) is 5.18. The maximum Gasteiger partial charge on any atom is 0.387 e. The molecule has 0 saturated carbocycles. The third kappa shape index (κ3) is 3.90. The number of hydrogen-bond acceptors (Lipinski definition) is 3. The van der Waals surface area contributed by atoms with E-state index in [1.54, 1.807) is 30.0 Å². The summed E-state index contributed by atoms with van der Waals surface area (Å²) in [4.78, 5) is 14.5. The predicted molar refractivity (Wildman–Crippen MR) is 90.9 cm³/mol. The average molecular weight is 349 g/mol. The molecule has 1 fully saturated rings. The number of halogens is 2. The predicted octanol–water partition coefficient (Wildman–Crippen LogP) is 3.67. The van der Waals surface area contributed by atoms with Crippen molar-refractivity contribution in [3.63, 3.8) is 0 Å². The highest BCUT2D eigenvalue weighted by atomic mass is 19.3. The molecular formula is C19H21F2NO3. The number of hydrogen-bond donors (Lipinski definition) is 1. The highest BCUT2D eigenvalue weighted by molar-refractivity contribution is 6.01. The van der Waals surface area contributed by atoms with Gasteiger partial charge in [0, 0.05) is 19.0 Å². The van der Waals surface area contributed by atoms with Gasteiger partial charge in [-0.05, 0) is 42.7 Å². The van der Waals surface area contributed by atoms with Gasteiger partial charge in [-0.25, -0.2) is 0 Å². The van der Waals surface area contributed by atoms with E-state index in [1.807, 2.05) is 12.1 Å². The first-order chi connectivity index (χ1) is 12.0. The summed E-state index contributed by atoms with van der Waals surface area (Å²) in [6.07, 6.45) is 1.11. The van der Waals surface area contributed by atoms with Crippen LogP contribution in [0.2, 0.25) is 0 Å². The van der Waals surface area contributed by atoms with Crippen molar-refractivity contribution in [1.29, 1.82) is 0 Å². The van der Waals surface area contributed by atoms with Gasteiger partial charge in [0.15, 0.2) is 0 Å². The van der Waals surface area contributed by atoms with E-state index >= 15 is 0 Å². The minimum absolute atomic E-state index is 0.00220. The van der Waals surface area contributed by atoms with E-state index in [0.29, 0.717) is 13.1 Å². The maximum atomic E-state index is 12.9. The molecule has 6 heteroatoms. The SMILES string of the molecule is CC(O)C1CCCN(C(=O)c2cc3ccccc3cc2OC(F)F)C1. The lowest BCUT2D eigenvalue weighted by atomic mass is 9.93. The fraction of sp³-hybridized carbons (Fsp3) is 0.421. The molecule has 1 aliphatic heterocycles. The van der Waals surface area contributed by atoms with Crippen LogP contribution < -0.4 is 4.74 Å². The number of nitrogens with zero attached hydrogens (tertiary/aromatic N) is 1. The van der Waals surface area contributed by atoms with Crippen LogP contribution in [0.3, 0.4) is 0 Å². The van der Waals surface area contributed by atoms with E-state index in [9.17, 15) is 18.7 Å². The third-order valence-corrected chi connectivity index (χ3v) is 4.72. The lowest BCUT2D eigenvalue weighted by Gasteiger charge is -2.34. The van der Waals surface area contributed by atoms with Crippen LogP contribution in [0.15, 0.2) is 36.4 Å². The van der Waals surface area contributed by atoms with Crippen LogP contribution in [0.5, 0.6) is 5.75 Å². The van der Waals surface area contributed by atoms with E-state index < -0.39 is 12.7 Å². The van der Waals surface area contributed by atoms with Gasteiger partial charge in [-0.1, -0.05) is 24.3 Å². The molecule has 1 heterocycles. The highest BCUT2D eigenvalue weighted by Crippen LogP contribution is 2.30. The Morgan fingerprint density at radius 2 is 1.96 bits per heavy atom. The molecule has 0 spiro atoms. The lowest BCUT2D eigenvalue weighted by Crippen LogP contribution is -2.43. The van der Waals surface area contributed by atoms with Crippen LogP contribution >= 0.6 is 0 Å². The Bertz CT molecular complexity index is 763. The van der Waals surface area contributed by atoms with Gasteiger partial charge in [-0.15, -0.1) is 0 Å². The molecule has 1 amide bonds. The number of carbonyl (C=O) groups excluding carboxylic acids is 1. The average Bonchev–Trinajstić information content (AvgIpc) is 2.60. The van der Waals surface area contributed by atoms with Crippen LogP contribution in [-0.4, -0.2) is 41.7 Å². The molecule has 4 nitrogen and oxygen atoms in total. The van der Waals surface area contributed by atoms with Crippen molar-refractivity contribution in [3.05, 3.63) is 42.0 Å². The maximum absolute atomic E-state index is 12.9. The number of fused-ring (bicyclic) bond motifs is 1. The zero-order valence-corrected chi connectivity index (χ0v) is 14.0. The first-order valence-corrected chi connectivity index (χ1v) is 8.40. The smallest absolute Gasteiger partial charge is 0.387 e. The molecule has 1 N–H and O–H groups in total. The second-order valence-electron chi connectivity index (χ2n) is 6.47. The van der Waals surface area contributed by atoms with Crippen LogP contribution in [-0.2, 0) is 0 Å². The largest absolute Gasteiger partial charge is 0.434 e. The van der Waals surface area contributed by atoms with Crippen LogP contribution in [0.1, 0.15) is 30.1 Å². The van der Waals surface area contributed by atoms with Crippen molar-refractivity contribution in [3.8, 4) is 5.75 Å². The summed E-state index contributed by atoms with van der Waals surface area (Å²) in [6, 6.07) is 10.3. The summed E-state index contributed by atoms with van der Waals surface area (Å²) in [5.74, 6) is -0.456. The van der Waals surface area contributed by atoms with Gasteiger partial charge < -0.3 is 14.7 Å². The molecule has 134 valence electrons. The monoisotopic (exact) mass is 349 g/mol. The Morgan fingerprint density at radius 1 is 1.28 bits per heavy atom. The van der Waals surface area contributed by atoms with Gasteiger partial charge in [0.05, 0.1) is 11.7 Å². The van der Waals surface area contributed by atoms with Crippen molar-refractivity contribution < 1.29 is 23.4 Å². The molecule has 0 radical (unpaired) electrons. The number of alkyl halides is 2. The molecule has 25 heavy (non-hydrogen) atoms. The number of amides is 1. The number of rotatable bonds is 4. The lowest BCUT2D eigenvalue weighted by molar-refractivity contribution is -0.0502. The van der Waals surface area contributed by atoms with Gasteiger partial charge in [0.25, 0.3) is 5.91 Å². The van der Waals surface area contributed by atoms with E-state index in [0.717, 1.165) is 23.6 Å². The van der Waals surface area contributed by atoms with Crippen molar-refractivity contribution in [2.45, 2.75) is 32.5 Å². The van der Waals surface area contributed by atoms with Crippen molar-refractivity contribution >= 4 is 16.7 Å². The van der Waals surface area contributed by atoms with Gasteiger partial charge in [-0.3, -0.25) is 4.79 Å². The Hall–Kier alpha value is -2.21. The minimum atomic E-state index is -3.00. The molecule has 0 aromatic heterocycles. The molecule has 2 aromatic rings. The molecule has 0 bridgehead atoms. The number of piperidine rings is 1. The molecule has 2 aromatic carbocycles. The number of carbonyl (C=O) groups is 1. The number of aliphatic hydroxyl groups is 1. The summed E-state index contributed by atoms with van der Waals surface area (Å²) in [5.41, 5.74) is 0.130. The highest BCUT2D eigenvalue weighted by Gasteiger charge is 2.29. The van der Waals surface area contributed by atoms with Crippen molar-refractivity contribution in [2.75, 3.05) is 13.1 Å². The molecule has 2 unspecified atom stereocenters. The summed E-state index contributed by atoms with van der Waals surface area (Å²) < 4.78 is 30.2. The Balaban J connectivity index is 1.96. The van der Waals surface area contributed by atoms with E-state index in [1.165, 1.54) is 6.07 Å². The minimum Gasteiger partial charge on any atom is -0.434 e. The fourth-order valence-corrected chi connectivity index (χ4v) is 3.34. The van der Waals surface area contributed by atoms with Crippen LogP contribution in [0.4, 0.5) is 8.78 Å². The normalized spacial score (nSPS) is 19.2. The molecule has 0 aliphatic carbocycles. The molecule has 3 rings (SSSR count). The molecular weight excluding hydrogens is 328 g/mol. The molecule has 2 atom stereocenters. The second-order valence-corrected chi connectivity index (χ2v) is 6.47. The Morgan fingerprint density at radius 3 is 2.60 bits per heavy atom. The van der Waals surface area contributed by atoms with Gasteiger partial charge in [0.1, 0.15) is 5.75 Å². The van der Waals surface area contributed by atoms with E-state index in [2.05, 4.69) is 4.74 Å². The third-order valence-electron chi connectivity index (χ3n) is 4.72. The summed E-state index contributed by atoms with van der Waals surface area (Å²) >= 11 is 0. The number of likely N-dealkylation sites (tertiary alicyclic amines) is 1. The topological polar surface area (TPSA) is 49.8 Å². The Labute approximate surface area is 145 Å². The first-order valence-electron chi connectivity index (χ1n) is 8.40. The second kappa shape index (κ2) is 7.35. The van der Waals surface area contributed by atoms with Crippen LogP contribution in [0.25, 0.3) is 10.8 Å². The quantitative estimate of drug-likeness (QED) is 0.916. The van der Waals surface area contributed by atoms with Gasteiger partial charge in [0.2, 0.25) is 0 Å². The van der Waals surface area contributed by atoms with Gasteiger partial charge >= 0.3 is 6.61 Å². The van der Waals surface area contributed by atoms with E-state index in [4.69, 9.17) is 0 Å². The number of ether oxygens (including phenoxy) is 1.